The van der Waals surface area contributed by atoms with Crippen molar-refractivity contribution >= 4 is 21.9 Å². The summed E-state index contributed by atoms with van der Waals surface area (Å²) in [7, 11) is 0. The van der Waals surface area contributed by atoms with Gasteiger partial charge >= 0.3 is 12.1 Å². The monoisotopic (exact) mass is 352 g/mol. The highest BCUT2D eigenvalue weighted by molar-refractivity contribution is 9.10. The molecule has 0 radical (unpaired) electrons. The summed E-state index contributed by atoms with van der Waals surface area (Å²) in [6.45, 7) is 0. The molecule has 0 atom stereocenters. The van der Waals surface area contributed by atoms with Gasteiger partial charge in [-0.3, -0.25) is 0 Å². The third-order valence-electron chi connectivity index (χ3n) is 2.38. The molecule has 0 aliphatic carbocycles. The normalized spacial score (nSPS) is 11.7. The molecule has 0 saturated carbocycles. The Morgan fingerprint density at radius 3 is 2.55 bits per heavy atom. The molecule has 0 spiro atoms. The van der Waals surface area contributed by atoms with Crippen molar-refractivity contribution in [1.82, 2.24) is 9.78 Å². The van der Waals surface area contributed by atoms with Gasteiger partial charge in [-0.05, 0) is 28.1 Å². The Labute approximate surface area is 117 Å². The molecule has 0 amide bonds. The number of halogens is 5. The molecular formula is C11H5BrF4N2O2. The zero-order chi connectivity index (χ0) is 15.1. The van der Waals surface area contributed by atoms with Gasteiger partial charge < -0.3 is 5.11 Å². The Morgan fingerprint density at radius 2 is 2.00 bits per heavy atom. The van der Waals surface area contributed by atoms with Crippen molar-refractivity contribution < 1.29 is 27.5 Å². The summed E-state index contributed by atoms with van der Waals surface area (Å²) in [5, 5.41) is 12.0. The topological polar surface area (TPSA) is 55.1 Å². The number of hydrogen-bond acceptors (Lipinski definition) is 2. The zero-order valence-electron chi connectivity index (χ0n) is 9.45. The van der Waals surface area contributed by atoms with Crippen LogP contribution in [0.3, 0.4) is 0 Å². The number of hydrogen-bond donors (Lipinski definition) is 1. The van der Waals surface area contributed by atoms with Crippen LogP contribution in [-0.4, -0.2) is 20.9 Å². The number of aromatic nitrogens is 2. The molecule has 1 aromatic heterocycles. The Bertz CT molecular complexity index is 682. The molecule has 0 aliphatic rings. The van der Waals surface area contributed by atoms with E-state index in [-0.39, 0.29) is 9.15 Å². The lowest BCUT2D eigenvalue weighted by atomic mass is 10.3. The molecule has 0 unspecified atom stereocenters. The number of carboxylic acids is 1. The van der Waals surface area contributed by atoms with Gasteiger partial charge in [0.2, 0.25) is 0 Å². The first-order chi connectivity index (χ1) is 9.21. The van der Waals surface area contributed by atoms with Crippen LogP contribution in [0.4, 0.5) is 17.6 Å². The summed E-state index contributed by atoms with van der Waals surface area (Å²) in [6, 6.07) is 4.02. The summed E-state index contributed by atoms with van der Waals surface area (Å²) in [5.74, 6) is -2.61. The van der Waals surface area contributed by atoms with Crippen molar-refractivity contribution in [1.29, 1.82) is 0 Å². The van der Waals surface area contributed by atoms with E-state index < -0.39 is 35.0 Å². The minimum atomic E-state index is -4.87. The van der Waals surface area contributed by atoms with E-state index in [1.807, 2.05) is 0 Å². The first kappa shape index (κ1) is 14.5. The van der Waals surface area contributed by atoms with Crippen molar-refractivity contribution in [3.8, 4) is 5.69 Å². The fourth-order valence-corrected chi connectivity index (χ4v) is 1.88. The fraction of sp³-hybridized carbons (Fsp3) is 0.0909. The summed E-state index contributed by atoms with van der Waals surface area (Å²) >= 11 is 2.84. The molecule has 9 heteroatoms. The molecular weight excluding hydrogens is 348 g/mol. The standard InChI is InChI=1S/C11H5BrF4N2O2/c12-5-2-1-3-7(9(5)13)18-8(11(14,15)16)4-6(17-18)10(19)20/h1-4H,(H,19,20). The maximum Gasteiger partial charge on any atom is 0.433 e. The van der Waals surface area contributed by atoms with Crippen LogP contribution >= 0.6 is 15.9 Å². The number of rotatable bonds is 2. The molecule has 2 aromatic rings. The second-order valence-electron chi connectivity index (χ2n) is 3.70. The average Bonchev–Trinajstić information content (AvgIpc) is 2.77. The van der Waals surface area contributed by atoms with Crippen LogP contribution in [0.15, 0.2) is 28.7 Å². The minimum absolute atomic E-state index is 0.0597. The molecule has 0 aliphatic heterocycles. The third-order valence-corrected chi connectivity index (χ3v) is 2.99. The number of carbonyl (C=O) groups is 1. The first-order valence-electron chi connectivity index (χ1n) is 5.06. The zero-order valence-corrected chi connectivity index (χ0v) is 11.0. The Morgan fingerprint density at radius 1 is 1.35 bits per heavy atom. The molecule has 1 N–H and O–H groups in total. The van der Waals surface area contributed by atoms with Crippen LogP contribution in [0.25, 0.3) is 5.69 Å². The van der Waals surface area contributed by atoms with E-state index in [9.17, 15) is 22.4 Å². The van der Waals surface area contributed by atoms with Crippen LogP contribution in [-0.2, 0) is 6.18 Å². The van der Waals surface area contributed by atoms with Crippen LogP contribution in [0, 0.1) is 5.82 Å². The number of alkyl halides is 3. The van der Waals surface area contributed by atoms with Crippen molar-refractivity contribution in [2.45, 2.75) is 6.18 Å². The van der Waals surface area contributed by atoms with Gasteiger partial charge in [0.15, 0.2) is 11.5 Å². The van der Waals surface area contributed by atoms with Gasteiger partial charge in [0.25, 0.3) is 0 Å². The van der Waals surface area contributed by atoms with Crippen LogP contribution in [0.1, 0.15) is 16.2 Å². The molecule has 20 heavy (non-hydrogen) atoms. The fourth-order valence-electron chi connectivity index (χ4n) is 1.53. The van der Waals surface area contributed by atoms with Crippen LogP contribution in [0.5, 0.6) is 0 Å². The van der Waals surface area contributed by atoms with E-state index in [2.05, 4.69) is 21.0 Å². The van der Waals surface area contributed by atoms with Crippen molar-refractivity contribution in [3.63, 3.8) is 0 Å². The summed E-state index contributed by atoms with van der Waals surface area (Å²) in [6.07, 6.45) is -4.87. The first-order valence-corrected chi connectivity index (χ1v) is 5.86. The van der Waals surface area contributed by atoms with E-state index in [4.69, 9.17) is 5.11 Å². The van der Waals surface area contributed by atoms with Gasteiger partial charge in [0.05, 0.1) is 4.47 Å². The quantitative estimate of drug-likeness (QED) is 0.841. The molecule has 0 saturated heterocycles. The van der Waals surface area contributed by atoms with Crippen molar-refractivity contribution in [3.05, 3.63) is 45.9 Å². The Balaban J connectivity index is 2.72. The molecule has 0 bridgehead atoms. The predicted octanol–water partition coefficient (Wildman–Crippen LogP) is 3.49. The Kier molecular flexibility index (Phi) is 3.55. The number of benzene rings is 1. The summed E-state index contributed by atoms with van der Waals surface area (Å²) in [4.78, 5) is 10.7. The van der Waals surface area contributed by atoms with Gasteiger partial charge in [-0.1, -0.05) is 6.07 Å². The largest absolute Gasteiger partial charge is 0.476 e. The summed E-state index contributed by atoms with van der Waals surface area (Å²) in [5.41, 5.74) is -2.69. The number of aromatic carboxylic acids is 1. The van der Waals surface area contributed by atoms with Gasteiger partial charge in [0.1, 0.15) is 11.4 Å². The average molecular weight is 353 g/mol. The third kappa shape index (κ3) is 2.53. The molecule has 1 aromatic carbocycles. The van der Waals surface area contributed by atoms with Gasteiger partial charge in [-0.2, -0.15) is 18.3 Å². The molecule has 0 fully saturated rings. The lowest BCUT2D eigenvalue weighted by Crippen LogP contribution is -2.14. The van der Waals surface area contributed by atoms with Gasteiger partial charge in [-0.15, -0.1) is 0 Å². The predicted molar refractivity (Wildman–Crippen MR) is 63.2 cm³/mol. The van der Waals surface area contributed by atoms with E-state index in [0.29, 0.717) is 6.07 Å². The second kappa shape index (κ2) is 4.89. The van der Waals surface area contributed by atoms with Crippen molar-refractivity contribution in [2.75, 3.05) is 0 Å². The van der Waals surface area contributed by atoms with Crippen molar-refractivity contribution in [2.24, 2.45) is 0 Å². The Hall–Kier alpha value is -1.90. The van der Waals surface area contributed by atoms with E-state index in [1.54, 1.807) is 0 Å². The lowest BCUT2D eigenvalue weighted by Gasteiger charge is -2.11. The number of nitrogens with zero attached hydrogens (tertiary/aromatic N) is 2. The second-order valence-corrected chi connectivity index (χ2v) is 4.56. The highest BCUT2D eigenvalue weighted by Crippen LogP contribution is 2.33. The van der Waals surface area contributed by atoms with E-state index >= 15 is 0 Å². The highest BCUT2D eigenvalue weighted by Gasteiger charge is 2.37. The number of carboxylic acid groups (broad SMARTS) is 1. The van der Waals surface area contributed by atoms with Crippen LogP contribution < -0.4 is 0 Å². The highest BCUT2D eigenvalue weighted by atomic mass is 79.9. The van der Waals surface area contributed by atoms with Gasteiger partial charge in [-0.25, -0.2) is 13.9 Å². The smallest absolute Gasteiger partial charge is 0.433 e. The summed E-state index contributed by atoms with van der Waals surface area (Å²) < 4.78 is 52.6. The van der Waals surface area contributed by atoms with E-state index in [1.165, 1.54) is 12.1 Å². The SMILES string of the molecule is O=C(O)c1cc(C(F)(F)F)n(-c2cccc(Br)c2F)n1. The maximum atomic E-state index is 13.8. The lowest BCUT2D eigenvalue weighted by molar-refractivity contribution is -0.142. The molecule has 2 rings (SSSR count). The molecule has 4 nitrogen and oxygen atoms in total. The van der Waals surface area contributed by atoms with Gasteiger partial charge in [0, 0.05) is 6.07 Å². The van der Waals surface area contributed by atoms with E-state index in [0.717, 1.165) is 6.07 Å². The molecule has 106 valence electrons. The maximum absolute atomic E-state index is 13.8. The minimum Gasteiger partial charge on any atom is -0.476 e. The molecule has 1 heterocycles. The van der Waals surface area contributed by atoms with Crippen LogP contribution in [0.2, 0.25) is 0 Å².